The number of carbonyl (C=O) groups is 1. The summed E-state index contributed by atoms with van der Waals surface area (Å²) < 4.78 is 16.6. The Hall–Kier alpha value is -3.09. The van der Waals surface area contributed by atoms with E-state index in [1.54, 1.807) is 17.2 Å². The van der Waals surface area contributed by atoms with Gasteiger partial charge in [-0.3, -0.25) is 4.79 Å². The van der Waals surface area contributed by atoms with Crippen molar-refractivity contribution in [2.45, 2.75) is 13.3 Å². The molecule has 2 aromatic heterocycles. The number of aryl methyl sites for hydroxylation is 1. The largest absolute Gasteiger partial charge is 0.464 e. The number of hydrogen-bond donors (Lipinski definition) is 0. The van der Waals surface area contributed by atoms with E-state index in [2.05, 4.69) is 0 Å². The SMILES string of the molecule is Cc1c(CC(=O)N2CCOCC2)c(=O)oc2cc3occ(-c4ccc(Cl)cc4)c3cc12. The van der Waals surface area contributed by atoms with Crippen LogP contribution < -0.4 is 5.63 Å². The number of hydrogen-bond acceptors (Lipinski definition) is 5. The van der Waals surface area contributed by atoms with Crippen LogP contribution in [0.5, 0.6) is 0 Å². The Morgan fingerprint density at radius 2 is 1.81 bits per heavy atom. The Labute approximate surface area is 182 Å². The van der Waals surface area contributed by atoms with Crippen LogP contribution in [-0.4, -0.2) is 37.1 Å². The maximum atomic E-state index is 12.7. The molecule has 0 bridgehead atoms. The number of benzene rings is 2. The van der Waals surface area contributed by atoms with Crippen molar-refractivity contribution in [1.29, 1.82) is 0 Å². The molecule has 6 nitrogen and oxygen atoms in total. The van der Waals surface area contributed by atoms with Crippen LogP contribution >= 0.6 is 11.6 Å². The average Bonchev–Trinajstić information content (AvgIpc) is 3.19. The highest BCUT2D eigenvalue weighted by Gasteiger charge is 2.22. The van der Waals surface area contributed by atoms with Gasteiger partial charge >= 0.3 is 5.63 Å². The van der Waals surface area contributed by atoms with E-state index < -0.39 is 5.63 Å². The first-order valence-electron chi connectivity index (χ1n) is 10.1. The van der Waals surface area contributed by atoms with Crippen molar-refractivity contribution >= 4 is 39.4 Å². The third kappa shape index (κ3) is 3.62. The normalized spacial score (nSPS) is 14.5. The van der Waals surface area contributed by atoms with E-state index in [1.165, 1.54) is 0 Å². The molecule has 0 saturated carbocycles. The first kappa shape index (κ1) is 19.8. The number of rotatable bonds is 3. The van der Waals surface area contributed by atoms with Crippen molar-refractivity contribution in [3.8, 4) is 11.1 Å². The molecule has 1 aliphatic heterocycles. The minimum Gasteiger partial charge on any atom is -0.464 e. The Morgan fingerprint density at radius 1 is 1.06 bits per heavy atom. The summed E-state index contributed by atoms with van der Waals surface area (Å²) in [5.41, 5.74) is 3.60. The maximum Gasteiger partial charge on any atom is 0.340 e. The number of amides is 1. The molecule has 7 heteroatoms. The van der Waals surface area contributed by atoms with Crippen molar-refractivity contribution in [2.24, 2.45) is 0 Å². The fourth-order valence-corrected chi connectivity index (χ4v) is 4.17. The molecule has 0 atom stereocenters. The molecule has 0 N–H and O–H groups in total. The van der Waals surface area contributed by atoms with Gasteiger partial charge in [-0.05, 0) is 36.2 Å². The van der Waals surface area contributed by atoms with E-state index in [0.29, 0.717) is 48.1 Å². The molecular formula is C24H20ClNO5. The van der Waals surface area contributed by atoms with Gasteiger partial charge in [0.1, 0.15) is 11.2 Å². The fraction of sp³-hybridized carbons (Fsp3) is 0.250. The minimum atomic E-state index is -0.490. The lowest BCUT2D eigenvalue weighted by Crippen LogP contribution is -2.42. The van der Waals surface area contributed by atoms with Crippen LogP contribution in [0.25, 0.3) is 33.1 Å². The van der Waals surface area contributed by atoms with Gasteiger partial charge < -0.3 is 18.5 Å². The topological polar surface area (TPSA) is 72.9 Å². The highest BCUT2D eigenvalue weighted by Crippen LogP contribution is 2.35. The first-order chi connectivity index (χ1) is 15.0. The van der Waals surface area contributed by atoms with Crippen molar-refractivity contribution in [2.75, 3.05) is 26.3 Å². The fourth-order valence-electron chi connectivity index (χ4n) is 4.04. The zero-order chi connectivity index (χ0) is 21.5. The quantitative estimate of drug-likeness (QED) is 0.439. The lowest BCUT2D eigenvalue weighted by Gasteiger charge is -2.26. The Balaban J connectivity index is 1.59. The second-order valence-corrected chi connectivity index (χ2v) is 8.10. The van der Waals surface area contributed by atoms with Crippen molar-refractivity contribution in [3.63, 3.8) is 0 Å². The molecule has 0 radical (unpaired) electrons. The van der Waals surface area contributed by atoms with E-state index in [9.17, 15) is 9.59 Å². The smallest absolute Gasteiger partial charge is 0.340 e. The van der Waals surface area contributed by atoms with E-state index >= 15 is 0 Å². The molecule has 0 unspecified atom stereocenters. The molecule has 0 aliphatic carbocycles. The molecule has 1 aliphatic rings. The summed E-state index contributed by atoms with van der Waals surface area (Å²) in [6.07, 6.45) is 1.70. The standard InChI is InChI=1S/C24H20ClNO5/c1-14-17-10-19-20(15-2-4-16(25)5-3-15)13-30-21(19)12-22(17)31-24(28)18(14)11-23(27)26-6-8-29-9-7-26/h2-5,10,12-13H,6-9,11H2,1H3. The molecule has 158 valence electrons. The van der Waals surface area contributed by atoms with Gasteiger partial charge in [0.2, 0.25) is 5.91 Å². The van der Waals surface area contributed by atoms with Crippen molar-refractivity contribution < 1.29 is 18.4 Å². The number of furan rings is 1. The average molecular weight is 438 g/mol. The summed E-state index contributed by atoms with van der Waals surface area (Å²) in [6.45, 7) is 3.97. The summed E-state index contributed by atoms with van der Waals surface area (Å²) in [5, 5.41) is 2.35. The molecule has 2 aromatic carbocycles. The van der Waals surface area contributed by atoms with Crippen molar-refractivity contribution in [1.82, 2.24) is 4.90 Å². The van der Waals surface area contributed by atoms with Gasteiger partial charge in [0.05, 0.1) is 31.5 Å². The molecule has 1 saturated heterocycles. The second kappa shape index (κ2) is 7.87. The molecular weight excluding hydrogens is 418 g/mol. The molecule has 3 heterocycles. The summed E-state index contributed by atoms with van der Waals surface area (Å²) in [5.74, 6) is -0.0932. The van der Waals surface area contributed by atoms with Gasteiger partial charge in [0.15, 0.2) is 0 Å². The zero-order valence-electron chi connectivity index (χ0n) is 16.9. The third-order valence-corrected chi connectivity index (χ3v) is 6.08. The van der Waals surface area contributed by atoms with Crippen LogP contribution in [0.15, 0.2) is 56.3 Å². The maximum absolute atomic E-state index is 12.7. The van der Waals surface area contributed by atoms with E-state index in [-0.39, 0.29) is 12.3 Å². The van der Waals surface area contributed by atoms with Gasteiger partial charge in [-0.15, -0.1) is 0 Å². The van der Waals surface area contributed by atoms with Gasteiger partial charge in [0.25, 0.3) is 0 Å². The van der Waals surface area contributed by atoms with Crippen LogP contribution in [0.2, 0.25) is 5.02 Å². The molecule has 0 spiro atoms. The summed E-state index contributed by atoms with van der Waals surface area (Å²) >= 11 is 6.02. The van der Waals surface area contributed by atoms with Crippen LogP contribution in [0.1, 0.15) is 11.1 Å². The number of fused-ring (bicyclic) bond motifs is 2. The number of halogens is 1. The monoisotopic (exact) mass is 437 g/mol. The van der Waals surface area contributed by atoms with E-state index in [1.807, 2.05) is 37.3 Å². The predicted octanol–water partition coefficient (Wildman–Crippen LogP) is 4.57. The number of ether oxygens (including phenoxy) is 1. The molecule has 31 heavy (non-hydrogen) atoms. The summed E-state index contributed by atoms with van der Waals surface area (Å²) in [6, 6.07) is 11.2. The van der Waals surface area contributed by atoms with Gasteiger partial charge in [-0.1, -0.05) is 23.7 Å². The van der Waals surface area contributed by atoms with E-state index in [0.717, 1.165) is 27.5 Å². The number of carbonyl (C=O) groups excluding carboxylic acids is 1. The first-order valence-corrected chi connectivity index (χ1v) is 10.5. The molecule has 1 fully saturated rings. The minimum absolute atomic E-state index is 0.0115. The van der Waals surface area contributed by atoms with Crippen LogP contribution in [-0.2, 0) is 16.0 Å². The second-order valence-electron chi connectivity index (χ2n) is 7.66. The van der Waals surface area contributed by atoms with Gasteiger partial charge in [-0.25, -0.2) is 4.79 Å². The Bertz CT molecular complexity index is 1350. The lowest BCUT2D eigenvalue weighted by atomic mass is 9.99. The Kier molecular flexibility index (Phi) is 5.04. The van der Waals surface area contributed by atoms with Gasteiger partial charge in [-0.2, -0.15) is 0 Å². The number of morpholine rings is 1. The summed E-state index contributed by atoms with van der Waals surface area (Å²) in [4.78, 5) is 27.1. The van der Waals surface area contributed by atoms with Gasteiger partial charge in [0, 0.05) is 40.5 Å². The summed E-state index contributed by atoms with van der Waals surface area (Å²) in [7, 11) is 0. The predicted molar refractivity (Wildman–Crippen MR) is 119 cm³/mol. The van der Waals surface area contributed by atoms with Crippen LogP contribution in [0.4, 0.5) is 0 Å². The zero-order valence-corrected chi connectivity index (χ0v) is 17.7. The molecule has 5 rings (SSSR count). The third-order valence-electron chi connectivity index (χ3n) is 5.83. The highest BCUT2D eigenvalue weighted by molar-refractivity contribution is 6.30. The van der Waals surface area contributed by atoms with Crippen LogP contribution in [0, 0.1) is 6.92 Å². The van der Waals surface area contributed by atoms with Crippen molar-refractivity contribution in [3.05, 3.63) is 69.2 Å². The molecule has 1 amide bonds. The lowest BCUT2D eigenvalue weighted by molar-refractivity contribution is -0.134. The van der Waals surface area contributed by atoms with E-state index in [4.69, 9.17) is 25.2 Å². The highest BCUT2D eigenvalue weighted by atomic mass is 35.5. The number of nitrogens with zero attached hydrogens (tertiary/aromatic N) is 1. The van der Waals surface area contributed by atoms with Crippen LogP contribution in [0.3, 0.4) is 0 Å². The Morgan fingerprint density at radius 3 is 2.55 bits per heavy atom. The molecule has 4 aromatic rings.